The largest absolute Gasteiger partial charge is 0.490 e. The van der Waals surface area contributed by atoms with Crippen LogP contribution in [0.2, 0.25) is 0 Å². The highest BCUT2D eigenvalue weighted by atomic mass is 19.1. The van der Waals surface area contributed by atoms with Crippen molar-refractivity contribution < 1.29 is 19.0 Å². The van der Waals surface area contributed by atoms with Crippen LogP contribution in [0.3, 0.4) is 0 Å². The molecule has 3 nitrogen and oxygen atoms in total. The Labute approximate surface area is 122 Å². The minimum Gasteiger partial charge on any atom is -0.490 e. The predicted molar refractivity (Wildman–Crippen MR) is 75.9 cm³/mol. The summed E-state index contributed by atoms with van der Waals surface area (Å²) < 4.78 is 19.2. The summed E-state index contributed by atoms with van der Waals surface area (Å²) in [5.41, 5.74) is 1.78. The van der Waals surface area contributed by atoms with Crippen LogP contribution in [0.4, 0.5) is 4.39 Å². The fourth-order valence-electron chi connectivity index (χ4n) is 2.60. The quantitative estimate of drug-likeness (QED) is 0.939. The average Bonchev–Trinajstić information content (AvgIpc) is 2.87. The molecule has 0 saturated carbocycles. The fraction of sp³-hybridized carbons (Fsp3) is 0.235. The van der Waals surface area contributed by atoms with E-state index < -0.39 is 11.9 Å². The van der Waals surface area contributed by atoms with E-state index in [0.717, 1.165) is 5.56 Å². The van der Waals surface area contributed by atoms with Crippen LogP contribution in [0, 0.1) is 5.82 Å². The Balaban J connectivity index is 1.74. The lowest BCUT2D eigenvalue weighted by Crippen LogP contribution is -2.12. The van der Waals surface area contributed by atoms with Gasteiger partial charge in [0.2, 0.25) is 0 Å². The van der Waals surface area contributed by atoms with Crippen LogP contribution < -0.4 is 4.74 Å². The van der Waals surface area contributed by atoms with E-state index in [0.29, 0.717) is 24.2 Å². The normalized spacial score (nSPS) is 14.9. The SMILES string of the molecule is O=C1CCc2c(OC[C@@H](O)c3ccccc3F)cccc21. The van der Waals surface area contributed by atoms with Gasteiger partial charge in [0.05, 0.1) is 0 Å². The minimum absolute atomic E-state index is 0.0500. The second kappa shape index (κ2) is 5.66. The van der Waals surface area contributed by atoms with Crippen molar-refractivity contribution in [3.8, 4) is 5.75 Å². The van der Waals surface area contributed by atoms with Crippen molar-refractivity contribution in [2.75, 3.05) is 6.61 Å². The van der Waals surface area contributed by atoms with E-state index in [9.17, 15) is 14.3 Å². The van der Waals surface area contributed by atoms with Crippen LogP contribution in [0.15, 0.2) is 42.5 Å². The molecule has 0 fully saturated rings. The first-order valence-electron chi connectivity index (χ1n) is 6.87. The zero-order valence-electron chi connectivity index (χ0n) is 11.4. The molecule has 1 aliphatic rings. The molecule has 108 valence electrons. The lowest BCUT2D eigenvalue weighted by atomic mass is 10.1. The molecule has 0 heterocycles. The topological polar surface area (TPSA) is 46.5 Å². The summed E-state index contributed by atoms with van der Waals surface area (Å²) in [5.74, 6) is 0.251. The summed E-state index contributed by atoms with van der Waals surface area (Å²) in [6.45, 7) is -0.0500. The summed E-state index contributed by atoms with van der Waals surface area (Å²) in [6.07, 6.45) is 0.102. The van der Waals surface area contributed by atoms with Crippen molar-refractivity contribution in [3.05, 3.63) is 65.0 Å². The Morgan fingerprint density at radius 2 is 1.95 bits per heavy atom. The van der Waals surface area contributed by atoms with Crippen LogP contribution in [-0.2, 0) is 6.42 Å². The van der Waals surface area contributed by atoms with Crippen LogP contribution in [0.25, 0.3) is 0 Å². The lowest BCUT2D eigenvalue weighted by Gasteiger charge is -2.15. The first-order valence-corrected chi connectivity index (χ1v) is 6.87. The van der Waals surface area contributed by atoms with Gasteiger partial charge >= 0.3 is 0 Å². The molecular weight excluding hydrogens is 271 g/mol. The third-order valence-corrected chi connectivity index (χ3v) is 3.70. The number of carbonyl (C=O) groups excluding carboxylic acids is 1. The molecule has 0 aromatic heterocycles. The molecule has 1 N–H and O–H groups in total. The molecule has 0 aliphatic heterocycles. The van der Waals surface area contributed by atoms with Crippen LogP contribution in [0.1, 0.15) is 34.0 Å². The van der Waals surface area contributed by atoms with Crippen LogP contribution >= 0.6 is 0 Å². The molecule has 0 spiro atoms. The van der Waals surface area contributed by atoms with Gasteiger partial charge in [-0.15, -0.1) is 0 Å². The summed E-state index contributed by atoms with van der Waals surface area (Å²) in [7, 11) is 0. The zero-order valence-corrected chi connectivity index (χ0v) is 11.4. The molecule has 1 atom stereocenters. The number of fused-ring (bicyclic) bond motifs is 1. The fourth-order valence-corrected chi connectivity index (χ4v) is 2.60. The molecule has 0 bridgehead atoms. The zero-order chi connectivity index (χ0) is 14.8. The maximum absolute atomic E-state index is 13.6. The highest BCUT2D eigenvalue weighted by molar-refractivity contribution is 6.01. The maximum Gasteiger partial charge on any atom is 0.163 e. The number of ketones is 1. The number of hydrogen-bond donors (Lipinski definition) is 1. The molecule has 0 radical (unpaired) electrons. The number of aliphatic hydroxyl groups excluding tert-OH is 1. The Morgan fingerprint density at radius 1 is 1.14 bits per heavy atom. The van der Waals surface area contributed by atoms with Crippen LogP contribution in [-0.4, -0.2) is 17.5 Å². The molecule has 0 unspecified atom stereocenters. The van der Waals surface area contributed by atoms with Gasteiger partial charge < -0.3 is 9.84 Å². The van der Waals surface area contributed by atoms with Crippen molar-refractivity contribution in [2.24, 2.45) is 0 Å². The first-order chi connectivity index (χ1) is 10.2. The molecule has 4 heteroatoms. The molecule has 0 saturated heterocycles. The Bertz CT molecular complexity index is 681. The van der Waals surface area contributed by atoms with Gasteiger partial charge in [-0.2, -0.15) is 0 Å². The van der Waals surface area contributed by atoms with Gasteiger partial charge in [-0.25, -0.2) is 4.39 Å². The smallest absolute Gasteiger partial charge is 0.163 e. The third-order valence-electron chi connectivity index (χ3n) is 3.70. The summed E-state index contributed by atoms with van der Waals surface area (Å²) >= 11 is 0. The number of rotatable bonds is 4. The molecule has 21 heavy (non-hydrogen) atoms. The number of benzene rings is 2. The van der Waals surface area contributed by atoms with Crippen molar-refractivity contribution >= 4 is 5.78 Å². The Hall–Kier alpha value is -2.20. The Kier molecular flexibility index (Phi) is 3.71. The molecule has 0 amide bonds. The number of hydrogen-bond acceptors (Lipinski definition) is 3. The van der Waals surface area contributed by atoms with E-state index in [1.165, 1.54) is 12.1 Å². The van der Waals surface area contributed by atoms with E-state index in [-0.39, 0.29) is 18.0 Å². The van der Waals surface area contributed by atoms with Crippen molar-refractivity contribution in [1.29, 1.82) is 0 Å². The van der Waals surface area contributed by atoms with E-state index in [4.69, 9.17) is 4.74 Å². The first kappa shape index (κ1) is 13.8. The standard InChI is InChI=1S/C17H15FO3/c18-14-6-2-1-4-13(14)16(20)10-21-17-7-3-5-11-12(17)8-9-15(11)19/h1-7,16,20H,8-10H2/t16-/m1/s1. The molecule has 2 aromatic carbocycles. The Morgan fingerprint density at radius 3 is 2.76 bits per heavy atom. The molecule has 2 aromatic rings. The van der Waals surface area contributed by atoms with E-state index in [1.807, 2.05) is 0 Å². The second-order valence-corrected chi connectivity index (χ2v) is 5.05. The highest BCUT2D eigenvalue weighted by Crippen LogP contribution is 2.31. The monoisotopic (exact) mass is 286 g/mol. The van der Waals surface area contributed by atoms with E-state index in [2.05, 4.69) is 0 Å². The van der Waals surface area contributed by atoms with Gasteiger partial charge in [0, 0.05) is 23.1 Å². The maximum atomic E-state index is 13.6. The van der Waals surface area contributed by atoms with E-state index >= 15 is 0 Å². The summed E-state index contributed by atoms with van der Waals surface area (Å²) in [4.78, 5) is 11.7. The van der Waals surface area contributed by atoms with Crippen molar-refractivity contribution in [2.45, 2.75) is 18.9 Å². The van der Waals surface area contributed by atoms with E-state index in [1.54, 1.807) is 30.3 Å². The molecule has 3 rings (SSSR count). The van der Waals surface area contributed by atoms with Gasteiger partial charge in [-0.3, -0.25) is 4.79 Å². The summed E-state index contributed by atoms with van der Waals surface area (Å²) in [5, 5.41) is 10.0. The van der Waals surface area contributed by atoms with Gasteiger partial charge in [0.25, 0.3) is 0 Å². The minimum atomic E-state index is -1.04. The third kappa shape index (κ3) is 2.67. The highest BCUT2D eigenvalue weighted by Gasteiger charge is 2.23. The predicted octanol–water partition coefficient (Wildman–Crippen LogP) is 3.07. The number of aliphatic hydroxyl groups is 1. The van der Waals surface area contributed by atoms with Crippen LogP contribution in [0.5, 0.6) is 5.75 Å². The molecule has 1 aliphatic carbocycles. The number of halogens is 1. The summed E-state index contributed by atoms with van der Waals surface area (Å²) in [6, 6.07) is 11.4. The second-order valence-electron chi connectivity index (χ2n) is 5.05. The average molecular weight is 286 g/mol. The van der Waals surface area contributed by atoms with Gasteiger partial charge in [0.1, 0.15) is 24.3 Å². The van der Waals surface area contributed by atoms with Crippen molar-refractivity contribution in [1.82, 2.24) is 0 Å². The number of Topliss-reactive ketones (excluding diaryl/α,β-unsaturated/α-hetero) is 1. The molecular formula is C17H15FO3. The number of carbonyl (C=O) groups is 1. The number of ether oxygens (including phenoxy) is 1. The van der Waals surface area contributed by atoms with Gasteiger partial charge in [-0.05, 0) is 18.6 Å². The lowest BCUT2D eigenvalue weighted by molar-refractivity contribution is 0.0994. The van der Waals surface area contributed by atoms with Gasteiger partial charge in [-0.1, -0.05) is 30.3 Å². The van der Waals surface area contributed by atoms with Crippen molar-refractivity contribution in [3.63, 3.8) is 0 Å². The van der Waals surface area contributed by atoms with Gasteiger partial charge in [0.15, 0.2) is 5.78 Å².